The summed E-state index contributed by atoms with van der Waals surface area (Å²) >= 11 is 0. The summed E-state index contributed by atoms with van der Waals surface area (Å²) in [5, 5.41) is 20.8. The largest absolute Gasteiger partial charge is 0.389 e. The minimum Gasteiger partial charge on any atom is -0.389 e. The molecular weight excluding hydrogens is 238 g/mol. The van der Waals surface area contributed by atoms with Gasteiger partial charge < -0.3 is 15.1 Å². The molecule has 1 saturated heterocycles. The third-order valence-corrected chi connectivity index (χ3v) is 5.10. The molecule has 2 N–H and O–H groups in total. The van der Waals surface area contributed by atoms with Gasteiger partial charge in [0.1, 0.15) is 6.10 Å². The predicted molar refractivity (Wildman–Crippen MR) is 75.0 cm³/mol. The van der Waals surface area contributed by atoms with Crippen LogP contribution >= 0.6 is 0 Å². The molecule has 0 aromatic heterocycles. The molecule has 1 aromatic carbocycles. The summed E-state index contributed by atoms with van der Waals surface area (Å²) in [6.45, 7) is 6.42. The first-order chi connectivity index (χ1) is 9.06. The number of aliphatic hydroxyl groups excluding tert-OH is 2. The summed E-state index contributed by atoms with van der Waals surface area (Å²) in [5.41, 5.74) is 1.85. The predicted octanol–water partition coefficient (Wildman–Crippen LogP) is 1.84. The third-order valence-electron chi connectivity index (χ3n) is 5.10. The SMILES string of the molecule is CC(C)N1CCC2(CC1)c1ccccc1C(O)C2O. The Bertz CT molecular complexity index is 464. The van der Waals surface area contributed by atoms with E-state index in [1.807, 2.05) is 18.2 Å². The van der Waals surface area contributed by atoms with Crippen LogP contribution in [0.15, 0.2) is 24.3 Å². The minimum absolute atomic E-state index is 0.235. The van der Waals surface area contributed by atoms with Gasteiger partial charge in [0.05, 0.1) is 6.10 Å². The fourth-order valence-electron chi connectivity index (χ4n) is 3.84. The van der Waals surface area contributed by atoms with Gasteiger partial charge in [-0.1, -0.05) is 24.3 Å². The Morgan fingerprint density at radius 1 is 1.16 bits per heavy atom. The number of aliphatic hydroxyl groups is 2. The number of hydrogen-bond donors (Lipinski definition) is 2. The van der Waals surface area contributed by atoms with Gasteiger partial charge in [-0.2, -0.15) is 0 Å². The molecule has 19 heavy (non-hydrogen) atoms. The summed E-state index contributed by atoms with van der Waals surface area (Å²) in [5.74, 6) is 0. The topological polar surface area (TPSA) is 43.7 Å². The zero-order valence-corrected chi connectivity index (χ0v) is 11.7. The molecule has 2 atom stereocenters. The highest BCUT2D eigenvalue weighted by Gasteiger charge is 2.52. The van der Waals surface area contributed by atoms with E-state index in [4.69, 9.17) is 0 Å². The highest BCUT2D eigenvalue weighted by atomic mass is 16.3. The maximum atomic E-state index is 10.6. The second kappa shape index (κ2) is 4.58. The molecule has 2 aliphatic rings. The Morgan fingerprint density at radius 3 is 2.42 bits per heavy atom. The Balaban J connectivity index is 1.93. The number of hydrogen-bond acceptors (Lipinski definition) is 3. The lowest BCUT2D eigenvalue weighted by molar-refractivity contribution is -0.0384. The van der Waals surface area contributed by atoms with Crippen molar-refractivity contribution in [2.45, 2.75) is 50.4 Å². The van der Waals surface area contributed by atoms with Gasteiger partial charge in [-0.15, -0.1) is 0 Å². The summed E-state index contributed by atoms with van der Waals surface area (Å²) in [7, 11) is 0. The van der Waals surface area contributed by atoms with Crippen LogP contribution in [-0.4, -0.2) is 40.3 Å². The maximum Gasteiger partial charge on any atom is 0.106 e. The van der Waals surface area contributed by atoms with Crippen molar-refractivity contribution in [3.63, 3.8) is 0 Å². The van der Waals surface area contributed by atoms with E-state index in [2.05, 4.69) is 24.8 Å². The molecule has 3 nitrogen and oxygen atoms in total. The molecule has 1 fully saturated rings. The molecule has 0 saturated carbocycles. The van der Waals surface area contributed by atoms with Crippen LogP contribution in [0.4, 0.5) is 0 Å². The molecule has 1 aliphatic heterocycles. The van der Waals surface area contributed by atoms with Crippen molar-refractivity contribution in [2.24, 2.45) is 0 Å². The molecule has 104 valence electrons. The van der Waals surface area contributed by atoms with E-state index in [-0.39, 0.29) is 5.41 Å². The Hall–Kier alpha value is -0.900. The lowest BCUT2D eigenvalue weighted by Gasteiger charge is -2.43. The van der Waals surface area contributed by atoms with Gasteiger partial charge in [0.2, 0.25) is 0 Å². The summed E-state index contributed by atoms with van der Waals surface area (Å²) in [6.07, 6.45) is 0.488. The van der Waals surface area contributed by atoms with Gasteiger partial charge in [-0.3, -0.25) is 0 Å². The number of piperidine rings is 1. The third kappa shape index (κ3) is 1.83. The molecule has 1 spiro atoms. The maximum absolute atomic E-state index is 10.6. The first kappa shape index (κ1) is 13.1. The van der Waals surface area contributed by atoms with Crippen LogP contribution in [0.5, 0.6) is 0 Å². The second-order valence-electron chi connectivity index (χ2n) is 6.26. The molecule has 3 heteroatoms. The lowest BCUT2D eigenvalue weighted by atomic mass is 9.72. The van der Waals surface area contributed by atoms with Crippen LogP contribution in [0.25, 0.3) is 0 Å². The molecule has 1 aromatic rings. The fraction of sp³-hybridized carbons (Fsp3) is 0.625. The molecule has 0 radical (unpaired) electrons. The standard InChI is InChI=1S/C16H23NO2/c1-11(2)17-9-7-16(8-10-17)13-6-4-3-5-12(13)14(18)15(16)19/h3-6,11,14-15,18-19H,7-10H2,1-2H3. The Kier molecular flexibility index (Phi) is 3.16. The van der Waals surface area contributed by atoms with E-state index < -0.39 is 12.2 Å². The molecule has 0 bridgehead atoms. The monoisotopic (exact) mass is 261 g/mol. The van der Waals surface area contributed by atoms with Crippen molar-refractivity contribution in [2.75, 3.05) is 13.1 Å². The molecular formula is C16H23NO2. The van der Waals surface area contributed by atoms with Crippen molar-refractivity contribution in [1.29, 1.82) is 0 Å². The molecule has 3 rings (SSSR count). The highest BCUT2D eigenvalue weighted by molar-refractivity contribution is 5.44. The van der Waals surface area contributed by atoms with E-state index >= 15 is 0 Å². The first-order valence-electron chi connectivity index (χ1n) is 7.26. The fourth-order valence-corrected chi connectivity index (χ4v) is 3.84. The average Bonchev–Trinajstić information content (AvgIpc) is 2.63. The molecule has 1 heterocycles. The molecule has 1 aliphatic carbocycles. The van der Waals surface area contributed by atoms with Crippen LogP contribution in [0.2, 0.25) is 0 Å². The van der Waals surface area contributed by atoms with Gasteiger partial charge in [0.25, 0.3) is 0 Å². The molecule has 0 amide bonds. The first-order valence-corrected chi connectivity index (χ1v) is 7.26. The minimum atomic E-state index is -0.721. The summed E-state index contributed by atoms with van der Waals surface area (Å²) in [6, 6.07) is 8.54. The van der Waals surface area contributed by atoms with Gasteiger partial charge >= 0.3 is 0 Å². The van der Waals surface area contributed by atoms with Gasteiger partial charge in [0.15, 0.2) is 0 Å². The van der Waals surface area contributed by atoms with E-state index in [1.165, 1.54) is 5.56 Å². The van der Waals surface area contributed by atoms with Crippen LogP contribution in [0.3, 0.4) is 0 Å². The number of benzene rings is 1. The van der Waals surface area contributed by atoms with Crippen molar-refractivity contribution < 1.29 is 10.2 Å². The van der Waals surface area contributed by atoms with Crippen molar-refractivity contribution >= 4 is 0 Å². The van der Waals surface area contributed by atoms with E-state index in [9.17, 15) is 10.2 Å². The Labute approximate surface area is 114 Å². The molecule has 2 unspecified atom stereocenters. The van der Waals surface area contributed by atoms with Gasteiger partial charge in [-0.25, -0.2) is 0 Å². The second-order valence-corrected chi connectivity index (χ2v) is 6.26. The van der Waals surface area contributed by atoms with E-state index in [0.717, 1.165) is 31.5 Å². The average molecular weight is 261 g/mol. The Morgan fingerprint density at radius 2 is 1.79 bits per heavy atom. The normalized spacial score (nSPS) is 29.9. The van der Waals surface area contributed by atoms with Gasteiger partial charge in [0, 0.05) is 11.5 Å². The zero-order valence-electron chi connectivity index (χ0n) is 11.7. The quantitative estimate of drug-likeness (QED) is 0.810. The van der Waals surface area contributed by atoms with Crippen molar-refractivity contribution in [3.05, 3.63) is 35.4 Å². The lowest BCUT2D eigenvalue weighted by Crippen LogP contribution is -2.49. The van der Waals surface area contributed by atoms with Gasteiger partial charge in [-0.05, 0) is 50.9 Å². The number of nitrogens with zero attached hydrogens (tertiary/aromatic N) is 1. The van der Waals surface area contributed by atoms with Crippen molar-refractivity contribution in [1.82, 2.24) is 4.90 Å². The zero-order chi connectivity index (χ0) is 13.6. The summed E-state index contributed by atoms with van der Waals surface area (Å²) < 4.78 is 0. The van der Waals surface area contributed by atoms with Crippen LogP contribution in [0, 0.1) is 0 Å². The van der Waals surface area contributed by atoms with Crippen LogP contribution in [-0.2, 0) is 5.41 Å². The number of fused-ring (bicyclic) bond motifs is 2. The number of rotatable bonds is 1. The van der Waals surface area contributed by atoms with E-state index in [0.29, 0.717) is 6.04 Å². The number of likely N-dealkylation sites (tertiary alicyclic amines) is 1. The smallest absolute Gasteiger partial charge is 0.106 e. The van der Waals surface area contributed by atoms with Crippen LogP contribution < -0.4 is 0 Å². The van der Waals surface area contributed by atoms with Crippen LogP contribution in [0.1, 0.15) is 43.9 Å². The van der Waals surface area contributed by atoms with Crippen molar-refractivity contribution in [3.8, 4) is 0 Å². The van der Waals surface area contributed by atoms with E-state index in [1.54, 1.807) is 0 Å². The highest BCUT2D eigenvalue weighted by Crippen LogP contribution is 2.50. The summed E-state index contributed by atoms with van der Waals surface area (Å²) in [4.78, 5) is 2.45.